The van der Waals surface area contributed by atoms with E-state index in [1.54, 1.807) is 0 Å². The maximum atomic E-state index is 11.9. The molecule has 1 N–H and O–H groups in total. The maximum absolute atomic E-state index is 11.9. The standard InChI is InChI=1S/C13H26N2O2/c1-5-14-11-7-6-9-15(10-8-11)12(16)17-13(2,3)4/h11,14H,5-10H2,1-4H3/t11-/m0/s1. The number of carbonyl (C=O) groups excluding carboxylic acids is 1. The molecule has 4 nitrogen and oxygen atoms in total. The SMILES string of the molecule is CCN[C@H]1CCCN(C(=O)OC(C)(C)C)CC1. The third-order valence-corrected chi connectivity index (χ3v) is 2.87. The summed E-state index contributed by atoms with van der Waals surface area (Å²) in [5, 5.41) is 3.45. The second kappa shape index (κ2) is 6.24. The van der Waals surface area contributed by atoms with Gasteiger partial charge in [-0.05, 0) is 46.6 Å². The van der Waals surface area contributed by atoms with Crippen LogP contribution in [-0.4, -0.2) is 42.3 Å². The lowest BCUT2D eigenvalue weighted by Crippen LogP contribution is -2.38. The molecule has 1 rings (SSSR count). The highest BCUT2D eigenvalue weighted by Gasteiger charge is 2.24. The molecule has 1 atom stereocenters. The molecule has 100 valence electrons. The monoisotopic (exact) mass is 242 g/mol. The zero-order valence-corrected chi connectivity index (χ0v) is 11.6. The summed E-state index contributed by atoms with van der Waals surface area (Å²) in [4.78, 5) is 13.8. The fourth-order valence-corrected chi connectivity index (χ4v) is 2.10. The number of rotatable bonds is 2. The Hall–Kier alpha value is -0.770. The second-order valence-corrected chi connectivity index (χ2v) is 5.65. The van der Waals surface area contributed by atoms with Crippen molar-refractivity contribution in [2.24, 2.45) is 0 Å². The molecule has 0 bridgehead atoms. The molecule has 1 aliphatic rings. The minimum Gasteiger partial charge on any atom is -0.444 e. The third-order valence-electron chi connectivity index (χ3n) is 2.87. The van der Waals surface area contributed by atoms with E-state index in [2.05, 4.69) is 12.2 Å². The topological polar surface area (TPSA) is 41.6 Å². The van der Waals surface area contributed by atoms with Gasteiger partial charge in [0.1, 0.15) is 5.60 Å². The van der Waals surface area contributed by atoms with Gasteiger partial charge in [0, 0.05) is 19.1 Å². The molecular weight excluding hydrogens is 216 g/mol. The summed E-state index contributed by atoms with van der Waals surface area (Å²) in [5.74, 6) is 0. The lowest BCUT2D eigenvalue weighted by molar-refractivity contribution is 0.0256. The molecule has 17 heavy (non-hydrogen) atoms. The number of hydrogen-bond donors (Lipinski definition) is 1. The van der Waals surface area contributed by atoms with Crippen molar-refractivity contribution >= 4 is 6.09 Å². The fourth-order valence-electron chi connectivity index (χ4n) is 2.10. The molecule has 0 spiro atoms. The summed E-state index contributed by atoms with van der Waals surface area (Å²) in [6.45, 7) is 10.5. The lowest BCUT2D eigenvalue weighted by atomic mass is 10.1. The Bertz CT molecular complexity index is 248. The number of amides is 1. The van der Waals surface area contributed by atoms with Crippen molar-refractivity contribution in [3.63, 3.8) is 0 Å². The molecule has 1 saturated heterocycles. The van der Waals surface area contributed by atoms with Crippen molar-refractivity contribution in [1.29, 1.82) is 0 Å². The van der Waals surface area contributed by atoms with Gasteiger partial charge < -0.3 is 15.0 Å². The van der Waals surface area contributed by atoms with Crippen molar-refractivity contribution in [3.05, 3.63) is 0 Å². The van der Waals surface area contributed by atoms with Gasteiger partial charge in [-0.15, -0.1) is 0 Å². The van der Waals surface area contributed by atoms with Crippen molar-refractivity contribution in [1.82, 2.24) is 10.2 Å². The van der Waals surface area contributed by atoms with Crippen molar-refractivity contribution < 1.29 is 9.53 Å². The van der Waals surface area contributed by atoms with Gasteiger partial charge in [-0.2, -0.15) is 0 Å². The third kappa shape index (κ3) is 5.39. The van der Waals surface area contributed by atoms with Gasteiger partial charge in [-0.1, -0.05) is 6.92 Å². The van der Waals surface area contributed by atoms with Crippen LogP contribution in [0.3, 0.4) is 0 Å². The summed E-state index contributed by atoms with van der Waals surface area (Å²) >= 11 is 0. The Morgan fingerprint density at radius 3 is 2.65 bits per heavy atom. The molecular formula is C13H26N2O2. The molecule has 1 heterocycles. The summed E-state index contributed by atoms with van der Waals surface area (Å²) < 4.78 is 5.39. The highest BCUT2D eigenvalue weighted by atomic mass is 16.6. The normalized spacial score (nSPS) is 22.1. The lowest BCUT2D eigenvalue weighted by Gasteiger charge is -2.26. The number of nitrogens with zero attached hydrogens (tertiary/aromatic N) is 1. The molecule has 1 fully saturated rings. The van der Waals surface area contributed by atoms with E-state index in [0.717, 1.165) is 38.9 Å². The Kier molecular flexibility index (Phi) is 5.25. The van der Waals surface area contributed by atoms with Crippen LogP contribution in [0.1, 0.15) is 47.0 Å². The summed E-state index contributed by atoms with van der Waals surface area (Å²) in [6, 6.07) is 0.549. The molecule has 0 aromatic rings. The van der Waals surface area contributed by atoms with Crippen molar-refractivity contribution in [2.45, 2.75) is 58.6 Å². The Morgan fingerprint density at radius 1 is 1.35 bits per heavy atom. The van der Waals surface area contributed by atoms with E-state index in [4.69, 9.17) is 4.74 Å². The van der Waals surface area contributed by atoms with Crippen LogP contribution in [0.5, 0.6) is 0 Å². The van der Waals surface area contributed by atoms with Crippen LogP contribution in [0.2, 0.25) is 0 Å². The van der Waals surface area contributed by atoms with Crippen molar-refractivity contribution in [3.8, 4) is 0 Å². The molecule has 0 aromatic carbocycles. The first kappa shape index (κ1) is 14.3. The van der Waals surface area contributed by atoms with Gasteiger partial charge in [0.25, 0.3) is 0 Å². The van der Waals surface area contributed by atoms with E-state index < -0.39 is 5.60 Å². The zero-order chi connectivity index (χ0) is 12.9. The number of ether oxygens (including phenoxy) is 1. The van der Waals surface area contributed by atoms with Crippen LogP contribution in [0, 0.1) is 0 Å². The molecule has 0 aliphatic carbocycles. The Morgan fingerprint density at radius 2 is 2.06 bits per heavy atom. The summed E-state index contributed by atoms with van der Waals surface area (Å²) in [7, 11) is 0. The highest BCUT2D eigenvalue weighted by Crippen LogP contribution is 2.15. The smallest absolute Gasteiger partial charge is 0.410 e. The quantitative estimate of drug-likeness (QED) is 0.808. The number of hydrogen-bond acceptors (Lipinski definition) is 3. The molecule has 0 saturated carbocycles. The first-order chi connectivity index (χ1) is 7.92. The minimum atomic E-state index is -0.398. The van der Waals surface area contributed by atoms with E-state index in [-0.39, 0.29) is 6.09 Å². The molecule has 0 radical (unpaired) electrons. The average Bonchev–Trinajstić information content (AvgIpc) is 2.41. The van der Waals surface area contributed by atoms with Gasteiger partial charge >= 0.3 is 6.09 Å². The van der Waals surface area contributed by atoms with Gasteiger partial charge in [0.05, 0.1) is 0 Å². The first-order valence-corrected chi connectivity index (χ1v) is 6.63. The Labute approximate surface area is 105 Å². The van der Waals surface area contributed by atoms with E-state index in [0.29, 0.717) is 6.04 Å². The van der Waals surface area contributed by atoms with E-state index in [9.17, 15) is 4.79 Å². The van der Waals surface area contributed by atoms with E-state index in [1.165, 1.54) is 0 Å². The summed E-state index contributed by atoms with van der Waals surface area (Å²) in [6.07, 6.45) is 3.05. The van der Waals surface area contributed by atoms with E-state index in [1.807, 2.05) is 25.7 Å². The average molecular weight is 242 g/mol. The van der Waals surface area contributed by atoms with Crippen LogP contribution in [0.25, 0.3) is 0 Å². The molecule has 1 aliphatic heterocycles. The molecule has 0 aromatic heterocycles. The van der Waals surface area contributed by atoms with Crippen LogP contribution >= 0.6 is 0 Å². The summed E-state index contributed by atoms with van der Waals surface area (Å²) in [5.41, 5.74) is -0.398. The van der Waals surface area contributed by atoms with Crippen LogP contribution in [0.4, 0.5) is 4.79 Å². The van der Waals surface area contributed by atoms with E-state index >= 15 is 0 Å². The van der Waals surface area contributed by atoms with Gasteiger partial charge in [0.15, 0.2) is 0 Å². The number of likely N-dealkylation sites (tertiary alicyclic amines) is 1. The van der Waals surface area contributed by atoms with Gasteiger partial charge in [0.2, 0.25) is 0 Å². The molecule has 1 amide bonds. The largest absolute Gasteiger partial charge is 0.444 e. The molecule has 0 unspecified atom stereocenters. The van der Waals surface area contributed by atoms with Gasteiger partial charge in [-0.25, -0.2) is 4.79 Å². The van der Waals surface area contributed by atoms with Crippen LogP contribution in [-0.2, 0) is 4.74 Å². The highest BCUT2D eigenvalue weighted by molar-refractivity contribution is 5.68. The number of carbonyl (C=O) groups is 1. The second-order valence-electron chi connectivity index (χ2n) is 5.65. The predicted molar refractivity (Wildman–Crippen MR) is 69.1 cm³/mol. The van der Waals surface area contributed by atoms with Crippen LogP contribution < -0.4 is 5.32 Å². The van der Waals surface area contributed by atoms with Gasteiger partial charge in [-0.3, -0.25) is 0 Å². The van der Waals surface area contributed by atoms with Crippen molar-refractivity contribution in [2.75, 3.05) is 19.6 Å². The van der Waals surface area contributed by atoms with Crippen LogP contribution in [0.15, 0.2) is 0 Å². The minimum absolute atomic E-state index is 0.172. The predicted octanol–water partition coefficient (Wildman–Crippen LogP) is 2.39. The first-order valence-electron chi connectivity index (χ1n) is 6.63. The Balaban J connectivity index is 2.43. The maximum Gasteiger partial charge on any atom is 0.410 e. The fraction of sp³-hybridized carbons (Fsp3) is 0.923. The zero-order valence-electron chi connectivity index (χ0n) is 11.6. The molecule has 4 heteroatoms. The number of nitrogens with one attached hydrogen (secondary N) is 1.